The fraction of sp³-hybridized carbons (Fsp3) is 0.769. The van der Waals surface area contributed by atoms with Crippen LogP contribution in [0.25, 0.3) is 0 Å². The van der Waals surface area contributed by atoms with Crippen LogP contribution in [0.15, 0.2) is 11.2 Å². The molecule has 2 heterocycles. The van der Waals surface area contributed by atoms with Crippen LogP contribution < -0.4 is 0 Å². The molecule has 1 aromatic rings. The van der Waals surface area contributed by atoms with Crippen LogP contribution in [-0.2, 0) is 15.6 Å². The van der Waals surface area contributed by atoms with Crippen molar-refractivity contribution in [1.82, 2.24) is 19.4 Å². The lowest BCUT2D eigenvalue weighted by atomic mass is 10.2. The van der Waals surface area contributed by atoms with E-state index in [0.29, 0.717) is 0 Å². The highest BCUT2D eigenvalue weighted by Crippen LogP contribution is 2.20. The van der Waals surface area contributed by atoms with Crippen LogP contribution in [0.2, 0.25) is 0 Å². The first-order valence-corrected chi connectivity index (χ1v) is 9.51. The van der Waals surface area contributed by atoms with Crippen molar-refractivity contribution in [3.05, 3.63) is 12.0 Å². The zero-order valence-electron chi connectivity index (χ0n) is 12.8. The average molecular weight is 335 g/mol. The number of imidazole rings is 1. The van der Waals surface area contributed by atoms with Gasteiger partial charge in [0.05, 0.1) is 0 Å². The van der Waals surface area contributed by atoms with Crippen molar-refractivity contribution in [2.24, 2.45) is 0 Å². The van der Waals surface area contributed by atoms with Gasteiger partial charge in [-0.15, -0.1) is 0 Å². The summed E-state index contributed by atoms with van der Waals surface area (Å²) in [7, 11) is 3.75. The van der Waals surface area contributed by atoms with Crippen LogP contribution in [0.5, 0.6) is 0 Å². The molecule has 2 rings (SSSR count). The minimum atomic E-state index is -3.77. The Morgan fingerprint density at radius 2 is 1.86 bits per heavy atom. The second-order valence-corrected chi connectivity index (χ2v) is 8.38. The molecule has 1 aliphatic heterocycles. The van der Waals surface area contributed by atoms with Crippen LogP contribution in [0.3, 0.4) is 0 Å². The zero-order chi connectivity index (χ0) is 15.6. The topological polar surface area (TPSA) is 58.4 Å². The normalized spacial score (nSPS) is 18.5. The Kier molecular flexibility index (Phi) is 5.29. The summed E-state index contributed by atoms with van der Waals surface area (Å²) in [5.74, 6) is 0.924. The lowest BCUT2D eigenvalue weighted by Gasteiger charge is -2.32. The number of likely N-dealkylation sites (N-methyl/N-ethyl adjacent to an activating group) is 1. The van der Waals surface area contributed by atoms with E-state index in [1.807, 2.05) is 18.4 Å². The average Bonchev–Trinajstić information content (AvgIpc) is 2.82. The van der Waals surface area contributed by atoms with Crippen molar-refractivity contribution >= 4 is 19.7 Å². The third kappa shape index (κ3) is 4.42. The largest absolute Gasteiger partial charge is 0.332 e. The summed E-state index contributed by atoms with van der Waals surface area (Å²) < 4.78 is 24.8. The predicted octanol–water partition coefficient (Wildman–Crippen LogP) is 1.18. The van der Waals surface area contributed by atoms with Gasteiger partial charge in [-0.3, -0.25) is 4.90 Å². The van der Waals surface area contributed by atoms with Gasteiger partial charge in [0.15, 0.2) is 5.03 Å². The Bertz CT molecular complexity index is 577. The van der Waals surface area contributed by atoms with E-state index in [0.717, 1.165) is 45.1 Å². The first kappa shape index (κ1) is 16.7. The predicted molar refractivity (Wildman–Crippen MR) is 83.3 cm³/mol. The summed E-state index contributed by atoms with van der Waals surface area (Å²) in [6.07, 6.45) is 1.55. The molecular weight excluding hydrogens is 312 g/mol. The Morgan fingerprint density at radius 3 is 2.38 bits per heavy atom. The Hall–Kier alpha value is -0.630. The summed E-state index contributed by atoms with van der Waals surface area (Å²) in [5.41, 5.74) is 0. The molecule has 0 amide bonds. The van der Waals surface area contributed by atoms with Gasteiger partial charge in [-0.1, -0.05) is 13.8 Å². The lowest BCUT2D eigenvalue weighted by molar-refractivity contribution is 0.149. The second kappa shape index (κ2) is 6.64. The van der Waals surface area contributed by atoms with Gasteiger partial charge >= 0.3 is 0 Å². The summed E-state index contributed by atoms with van der Waals surface area (Å²) in [4.78, 5) is 8.87. The monoisotopic (exact) mass is 334 g/mol. The number of hydrogen-bond acceptors (Lipinski definition) is 5. The van der Waals surface area contributed by atoms with E-state index in [1.54, 1.807) is 6.20 Å². The molecule has 0 aliphatic carbocycles. The van der Waals surface area contributed by atoms with E-state index in [1.165, 1.54) is 0 Å². The van der Waals surface area contributed by atoms with E-state index in [4.69, 9.17) is 10.7 Å². The van der Waals surface area contributed by atoms with Crippen LogP contribution in [0.1, 0.15) is 25.6 Å². The smallest absolute Gasteiger partial charge is 0.280 e. The highest BCUT2D eigenvalue weighted by molar-refractivity contribution is 8.13. The molecule has 0 saturated carbocycles. The van der Waals surface area contributed by atoms with Gasteiger partial charge in [0.2, 0.25) is 0 Å². The molecule has 0 spiro atoms. The Labute approximate surface area is 131 Å². The molecule has 0 bridgehead atoms. The quantitative estimate of drug-likeness (QED) is 0.757. The van der Waals surface area contributed by atoms with E-state index >= 15 is 0 Å². The standard InChI is InChI=1S/C13H23ClN4O2S/c1-11(2)13-15-12(21(14,19)20)10-18(13)9-8-17-6-4-16(3)5-7-17/h10-11H,4-9H2,1-3H3. The number of nitrogens with zero attached hydrogens (tertiary/aromatic N) is 4. The number of halogens is 1. The zero-order valence-corrected chi connectivity index (χ0v) is 14.4. The molecule has 1 saturated heterocycles. The van der Waals surface area contributed by atoms with Crippen molar-refractivity contribution < 1.29 is 8.42 Å². The minimum Gasteiger partial charge on any atom is -0.332 e. The van der Waals surface area contributed by atoms with Gasteiger partial charge in [-0.25, -0.2) is 13.4 Å². The molecular formula is C13H23ClN4O2S. The maximum atomic E-state index is 11.4. The van der Waals surface area contributed by atoms with Gasteiger partial charge in [-0.2, -0.15) is 0 Å². The molecule has 1 aromatic heterocycles. The second-order valence-electron chi connectivity index (χ2n) is 5.87. The first-order valence-electron chi connectivity index (χ1n) is 7.20. The number of aromatic nitrogens is 2. The third-order valence-electron chi connectivity index (χ3n) is 3.80. The summed E-state index contributed by atoms with van der Waals surface area (Å²) >= 11 is 0. The van der Waals surface area contributed by atoms with Crippen LogP contribution >= 0.6 is 10.7 Å². The SMILES string of the molecule is CC(C)c1nc(S(=O)(=O)Cl)cn1CCN1CCN(C)CC1. The highest BCUT2D eigenvalue weighted by atomic mass is 35.7. The summed E-state index contributed by atoms with van der Waals surface area (Å²) in [6, 6.07) is 0. The fourth-order valence-electron chi connectivity index (χ4n) is 2.48. The maximum Gasteiger partial charge on any atom is 0.280 e. The number of hydrogen-bond donors (Lipinski definition) is 0. The van der Waals surface area contributed by atoms with Crippen molar-refractivity contribution in [2.45, 2.75) is 31.3 Å². The molecule has 1 fully saturated rings. The van der Waals surface area contributed by atoms with Crippen molar-refractivity contribution in [3.63, 3.8) is 0 Å². The fourth-order valence-corrected chi connectivity index (χ4v) is 3.16. The molecule has 8 heteroatoms. The maximum absolute atomic E-state index is 11.4. The molecule has 0 unspecified atom stereocenters. The van der Waals surface area contributed by atoms with Gasteiger partial charge in [-0.05, 0) is 7.05 Å². The van der Waals surface area contributed by atoms with Crippen molar-refractivity contribution in [1.29, 1.82) is 0 Å². The molecule has 120 valence electrons. The minimum absolute atomic E-state index is 0.0498. The molecule has 1 aliphatic rings. The van der Waals surface area contributed by atoms with E-state index in [2.05, 4.69) is 21.8 Å². The van der Waals surface area contributed by atoms with E-state index < -0.39 is 9.05 Å². The molecule has 0 aromatic carbocycles. The van der Waals surface area contributed by atoms with Crippen molar-refractivity contribution in [3.8, 4) is 0 Å². The molecule has 6 nitrogen and oxygen atoms in total. The third-order valence-corrected chi connectivity index (χ3v) is 4.98. The molecule has 0 radical (unpaired) electrons. The highest BCUT2D eigenvalue weighted by Gasteiger charge is 2.20. The van der Waals surface area contributed by atoms with Crippen LogP contribution in [0, 0.1) is 0 Å². The Morgan fingerprint density at radius 1 is 1.24 bits per heavy atom. The van der Waals surface area contributed by atoms with Gasteiger partial charge < -0.3 is 9.47 Å². The Balaban J connectivity index is 2.06. The van der Waals surface area contributed by atoms with Gasteiger partial charge in [0.25, 0.3) is 9.05 Å². The van der Waals surface area contributed by atoms with Crippen molar-refractivity contribution in [2.75, 3.05) is 39.8 Å². The molecule has 21 heavy (non-hydrogen) atoms. The number of piperazine rings is 1. The first-order chi connectivity index (χ1) is 9.77. The van der Waals surface area contributed by atoms with Gasteiger partial charge in [0.1, 0.15) is 5.82 Å². The van der Waals surface area contributed by atoms with Crippen LogP contribution in [0.4, 0.5) is 0 Å². The van der Waals surface area contributed by atoms with E-state index in [-0.39, 0.29) is 10.9 Å². The number of rotatable bonds is 5. The van der Waals surface area contributed by atoms with E-state index in [9.17, 15) is 8.42 Å². The van der Waals surface area contributed by atoms with Gasteiger partial charge in [0, 0.05) is 62.1 Å². The summed E-state index contributed by atoms with van der Waals surface area (Å²) in [5, 5.41) is -0.0498. The molecule has 0 atom stereocenters. The van der Waals surface area contributed by atoms with Crippen LogP contribution in [-0.4, -0.2) is 67.5 Å². The summed E-state index contributed by atoms with van der Waals surface area (Å²) in [6.45, 7) is 9.86. The molecule has 0 N–H and O–H groups in total. The lowest BCUT2D eigenvalue weighted by Crippen LogP contribution is -2.45.